The van der Waals surface area contributed by atoms with Gasteiger partial charge in [-0.2, -0.15) is 0 Å². The number of thiophene rings is 1. The maximum Gasteiger partial charge on any atom is 0.123 e. The molecule has 0 spiro atoms. The lowest BCUT2D eigenvalue weighted by Gasteiger charge is -2.26. The van der Waals surface area contributed by atoms with Crippen molar-refractivity contribution in [2.75, 3.05) is 6.61 Å². The molecule has 1 nitrogen and oxygen atoms in total. The van der Waals surface area contributed by atoms with Gasteiger partial charge in [0.15, 0.2) is 0 Å². The van der Waals surface area contributed by atoms with Crippen LogP contribution in [0.3, 0.4) is 0 Å². The van der Waals surface area contributed by atoms with Gasteiger partial charge in [0.25, 0.3) is 0 Å². The SMILES string of the molecule is Cc1ccc(C2OCC(=S)C(=S)C2=S)cc1Cc1ccc(-c2ccc(F)cc2)s1. The molecular formula is C23H17FOS4. The summed E-state index contributed by atoms with van der Waals surface area (Å²) >= 11 is 17.8. The third-order valence-corrected chi connectivity index (χ3v) is 7.53. The molecule has 29 heavy (non-hydrogen) atoms. The third kappa shape index (κ3) is 4.42. The Kier molecular flexibility index (Phi) is 6.08. The average Bonchev–Trinajstić information content (AvgIpc) is 3.17. The topological polar surface area (TPSA) is 9.23 Å². The zero-order valence-corrected chi connectivity index (χ0v) is 18.9. The molecule has 6 heteroatoms. The first kappa shape index (κ1) is 20.6. The Morgan fingerprint density at radius 2 is 1.79 bits per heavy atom. The van der Waals surface area contributed by atoms with Crippen molar-refractivity contribution in [2.24, 2.45) is 0 Å². The highest BCUT2D eigenvalue weighted by Crippen LogP contribution is 2.32. The van der Waals surface area contributed by atoms with Gasteiger partial charge in [-0.05, 0) is 53.4 Å². The van der Waals surface area contributed by atoms with Gasteiger partial charge in [0.05, 0.1) is 21.2 Å². The first-order valence-electron chi connectivity index (χ1n) is 9.09. The molecule has 0 saturated carbocycles. The largest absolute Gasteiger partial charge is 0.362 e. The smallest absolute Gasteiger partial charge is 0.123 e. The van der Waals surface area contributed by atoms with E-state index >= 15 is 0 Å². The van der Waals surface area contributed by atoms with Crippen LogP contribution < -0.4 is 0 Å². The van der Waals surface area contributed by atoms with Gasteiger partial charge < -0.3 is 4.74 Å². The second kappa shape index (κ2) is 8.58. The quantitative estimate of drug-likeness (QED) is 0.407. The summed E-state index contributed by atoms with van der Waals surface area (Å²) in [5.41, 5.74) is 4.47. The number of benzene rings is 2. The van der Waals surface area contributed by atoms with Gasteiger partial charge >= 0.3 is 0 Å². The van der Waals surface area contributed by atoms with E-state index in [1.54, 1.807) is 11.3 Å². The molecule has 1 atom stereocenters. The van der Waals surface area contributed by atoms with Crippen molar-refractivity contribution in [1.82, 2.24) is 0 Å². The van der Waals surface area contributed by atoms with E-state index in [2.05, 4.69) is 31.2 Å². The second-order valence-corrected chi connectivity index (χ2v) is 9.45. The van der Waals surface area contributed by atoms with E-state index in [-0.39, 0.29) is 11.9 Å². The number of halogens is 1. The monoisotopic (exact) mass is 456 g/mol. The highest BCUT2D eigenvalue weighted by Gasteiger charge is 2.29. The Morgan fingerprint density at radius 1 is 1.03 bits per heavy atom. The van der Waals surface area contributed by atoms with E-state index in [1.807, 2.05) is 18.2 Å². The maximum absolute atomic E-state index is 13.2. The summed E-state index contributed by atoms with van der Waals surface area (Å²) < 4.78 is 19.1. The Labute approximate surface area is 189 Å². The van der Waals surface area contributed by atoms with E-state index in [4.69, 9.17) is 41.4 Å². The number of thiocarbonyl (C=S) groups is 3. The molecule has 2 heterocycles. The summed E-state index contributed by atoms with van der Waals surface area (Å²) in [4.78, 5) is 4.16. The van der Waals surface area contributed by atoms with Gasteiger partial charge in [0, 0.05) is 16.2 Å². The number of hydrogen-bond donors (Lipinski definition) is 0. The molecule has 1 aliphatic heterocycles. The van der Waals surface area contributed by atoms with Crippen molar-refractivity contribution >= 4 is 62.6 Å². The summed E-state index contributed by atoms with van der Waals surface area (Å²) in [6.07, 6.45) is 0.495. The minimum Gasteiger partial charge on any atom is -0.362 e. The Hall–Kier alpha value is -1.70. The molecule has 0 bridgehead atoms. The van der Waals surface area contributed by atoms with Crippen LogP contribution in [-0.2, 0) is 11.2 Å². The van der Waals surface area contributed by atoms with E-state index in [0.29, 0.717) is 21.2 Å². The summed E-state index contributed by atoms with van der Waals surface area (Å²) in [6.45, 7) is 2.45. The van der Waals surface area contributed by atoms with Crippen LogP contribution in [0.25, 0.3) is 10.4 Å². The molecule has 0 aliphatic carbocycles. The number of hydrogen-bond acceptors (Lipinski definition) is 5. The van der Waals surface area contributed by atoms with Gasteiger partial charge in [-0.15, -0.1) is 11.3 Å². The fourth-order valence-electron chi connectivity index (χ4n) is 3.28. The molecule has 0 radical (unpaired) electrons. The lowest BCUT2D eigenvalue weighted by atomic mass is 9.95. The van der Waals surface area contributed by atoms with Crippen LogP contribution in [0.15, 0.2) is 54.6 Å². The molecule has 1 saturated heterocycles. The standard InChI is InChI=1S/C23H17FOS4/c1-13-2-3-15(21-23(28)22(27)19(26)12-25-21)10-16(13)11-18-8-9-20(29-18)14-4-6-17(24)7-5-14/h2-10,21H,11-12H2,1H3. The lowest BCUT2D eigenvalue weighted by Crippen LogP contribution is -2.35. The van der Waals surface area contributed by atoms with Crippen LogP contribution in [0.4, 0.5) is 4.39 Å². The van der Waals surface area contributed by atoms with Crippen LogP contribution in [0.2, 0.25) is 0 Å². The summed E-state index contributed by atoms with van der Waals surface area (Å²) in [5.74, 6) is -0.221. The van der Waals surface area contributed by atoms with Crippen LogP contribution in [0.1, 0.15) is 27.7 Å². The molecule has 1 aliphatic rings. The summed E-state index contributed by atoms with van der Waals surface area (Å²) in [6, 6.07) is 17.1. The number of rotatable bonds is 4. The predicted molar refractivity (Wildman–Crippen MR) is 130 cm³/mol. The second-order valence-electron chi connectivity index (χ2n) is 6.94. The van der Waals surface area contributed by atoms with Crippen molar-refractivity contribution in [3.63, 3.8) is 0 Å². The molecule has 0 N–H and O–H groups in total. The fourth-order valence-corrected chi connectivity index (χ4v) is 5.05. The van der Waals surface area contributed by atoms with Crippen LogP contribution in [0, 0.1) is 12.7 Å². The third-order valence-electron chi connectivity index (χ3n) is 4.93. The Bertz CT molecular complexity index is 1110. The molecule has 3 aromatic rings. The Balaban J connectivity index is 1.57. The van der Waals surface area contributed by atoms with E-state index < -0.39 is 0 Å². The molecule has 1 unspecified atom stereocenters. The molecule has 0 amide bonds. The van der Waals surface area contributed by atoms with Crippen molar-refractivity contribution in [2.45, 2.75) is 19.4 Å². The zero-order valence-electron chi connectivity index (χ0n) is 15.6. The van der Waals surface area contributed by atoms with Crippen molar-refractivity contribution in [3.8, 4) is 10.4 Å². The van der Waals surface area contributed by atoms with E-state index in [9.17, 15) is 4.39 Å². The number of ether oxygens (including phenoxy) is 1. The minimum absolute atomic E-state index is 0.221. The molecule has 1 aromatic heterocycles. The maximum atomic E-state index is 13.2. The molecule has 2 aromatic carbocycles. The minimum atomic E-state index is -0.318. The van der Waals surface area contributed by atoms with E-state index in [1.165, 1.54) is 28.1 Å². The van der Waals surface area contributed by atoms with Gasteiger partial charge in [0.1, 0.15) is 11.9 Å². The highest BCUT2D eigenvalue weighted by atomic mass is 32.1. The normalized spacial score (nSPS) is 17.0. The molecular weight excluding hydrogens is 440 g/mol. The highest BCUT2D eigenvalue weighted by molar-refractivity contribution is 7.95. The van der Waals surface area contributed by atoms with Crippen molar-refractivity contribution < 1.29 is 9.13 Å². The van der Waals surface area contributed by atoms with Gasteiger partial charge in [-0.3, -0.25) is 0 Å². The van der Waals surface area contributed by atoms with Gasteiger partial charge in [0.2, 0.25) is 0 Å². The first-order valence-corrected chi connectivity index (χ1v) is 11.1. The van der Waals surface area contributed by atoms with Crippen LogP contribution in [-0.4, -0.2) is 21.2 Å². The zero-order chi connectivity index (χ0) is 20.5. The van der Waals surface area contributed by atoms with Gasteiger partial charge in [-0.25, -0.2) is 4.39 Å². The Morgan fingerprint density at radius 3 is 2.55 bits per heavy atom. The lowest BCUT2D eigenvalue weighted by molar-refractivity contribution is 0.135. The van der Waals surface area contributed by atoms with Gasteiger partial charge in [-0.1, -0.05) is 67.0 Å². The molecule has 1 fully saturated rings. The average molecular weight is 457 g/mol. The molecule has 4 rings (SSSR count). The van der Waals surface area contributed by atoms with Crippen molar-refractivity contribution in [3.05, 3.63) is 82.0 Å². The van der Waals surface area contributed by atoms with Crippen molar-refractivity contribution in [1.29, 1.82) is 0 Å². The predicted octanol–water partition coefficient (Wildman–Crippen LogP) is 6.63. The van der Waals surface area contributed by atoms with E-state index in [0.717, 1.165) is 22.4 Å². The fraction of sp³-hybridized carbons (Fsp3) is 0.174. The molecule has 146 valence electrons. The first-order chi connectivity index (χ1) is 13.9. The summed E-state index contributed by atoms with van der Waals surface area (Å²) in [5, 5.41) is 0. The van der Waals surface area contributed by atoms with Crippen LogP contribution >= 0.6 is 48.0 Å². The number of aryl methyl sites for hydroxylation is 1. The summed E-state index contributed by atoms with van der Waals surface area (Å²) in [7, 11) is 0. The van der Waals surface area contributed by atoms with Crippen LogP contribution in [0.5, 0.6) is 0 Å².